The molecule has 0 bridgehead atoms. The van der Waals surface area contributed by atoms with Crippen LogP contribution in [0.2, 0.25) is 0 Å². The first kappa shape index (κ1) is 14.1. The molecule has 0 saturated carbocycles. The molecule has 0 aliphatic rings. The monoisotopic (exact) mass is 274 g/mol. The molecule has 0 aliphatic heterocycles. The number of para-hydroxylation sites is 1. The Kier molecular flexibility index (Phi) is 4.37. The van der Waals surface area contributed by atoms with Gasteiger partial charge >= 0.3 is 0 Å². The fraction of sp³-hybridized carbons (Fsp3) is 0.286. The number of amides is 1. The van der Waals surface area contributed by atoms with E-state index in [4.69, 9.17) is 5.73 Å². The third-order valence-corrected chi connectivity index (χ3v) is 3.02. The van der Waals surface area contributed by atoms with E-state index in [1.54, 1.807) is 30.3 Å². The van der Waals surface area contributed by atoms with Crippen LogP contribution in [-0.2, 0) is 0 Å². The number of aromatic nitrogens is 2. The number of H-pyrrole nitrogens is 1. The molecular weight excluding hydrogens is 256 g/mol. The van der Waals surface area contributed by atoms with Gasteiger partial charge in [-0.05, 0) is 30.7 Å². The highest BCUT2D eigenvalue weighted by molar-refractivity contribution is 5.93. The number of hydrogen-bond donors (Lipinski definition) is 4. The average molecular weight is 274 g/mol. The Hall–Kier alpha value is -2.34. The molecule has 0 spiro atoms. The molecule has 2 aromatic rings. The van der Waals surface area contributed by atoms with Crippen LogP contribution in [0.4, 0.5) is 0 Å². The third kappa shape index (κ3) is 3.16. The van der Waals surface area contributed by atoms with Gasteiger partial charge in [0.1, 0.15) is 11.4 Å². The molecule has 1 amide bonds. The van der Waals surface area contributed by atoms with E-state index in [-0.39, 0.29) is 17.6 Å². The number of hydrogen-bond acceptors (Lipinski definition) is 4. The number of benzene rings is 1. The van der Waals surface area contributed by atoms with E-state index >= 15 is 0 Å². The number of aromatic amines is 1. The van der Waals surface area contributed by atoms with E-state index in [0.717, 1.165) is 0 Å². The summed E-state index contributed by atoms with van der Waals surface area (Å²) in [7, 11) is 0. The lowest BCUT2D eigenvalue weighted by atomic mass is 10.1. The van der Waals surface area contributed by atoms with Gasteiger partial charge in [0.25, 0.3) is 5.91 Å². The molecule has 6 nitrogen and oxygen atoms in total. The number of nitrogens with one attached hydrogen (secondary N) is 2. The average Bonchev–Trinajstić information content (AvgIpc) is 2.94. The fourth-order valence-electron chi connectivity index (χ4n) is 1.71. The maximum Gasteiger partial charge on any atom is 0.269 e. The van der Waals surface area contributed by atoms with Gasteiger partial charge in [0, 0.05) is 12.1 Å². The molecule has 2 rings (SSSR count). The second-order valence-electron chi connectivity index (χ2n) is 4.73. The molecule has 20 heavy (non-hydrogen) atoms. The Labute approximate surface area is 117 Å². The number of rotatable bonds is 5. The number of carbonyl (C=O) groups is 1. The minimum atomic E-state index is -0.237. The SMILES string of the molecule is CC(CN)CNC(=O)c1cc(-c2ccccc2O)n[nH]1. The summed E-state index contributed by atoms with van der Waals surface area (Å²) in [4.78, 5) is 11.9. The summed E-state index contributed by atoms with van der Waals surface area (Å²) in [5, 5.41) is 19.2. The molecule has 1 heterocycles. The lowest BCUT2D eigenvalue weighted by molar-refractivity contribution is 0.0943. The van der Waals surface area contributed by atoms with Crippen molar-refractivity contribution in [3.63, 3.8) is 0 Å². The van der Waals surface area contributed by atoms with Gasteiger partial charge < -0.3 is 16.2 Å². The van der Waals surface area contributed by atoms with E-state index in [9.17, 15) is 9.90 Å². The second-order valence-corrected chi connectivity index (χ2v) is 4.73. The van der Waals surface area contributed by atoms with E-state index in [0.29, 0.717) is 30.0 Å². The molecule has 5 N–H and O–H groups in total. The van der Waals surface area contributed by atoms with E-state index < -0.39 is 0 Å². The summed E-state index contributed by atoms with van der Waals surface area (Å²) < 4.78 is 0. The molecular formula is C14H18N4O2. The summed E-state index contributed by atoms with van der Waals surface area (Å²) in [5.41, 5.74) is 6.96. The van der Waals surface area contributed by atoms with Crippen LogP contribution in [0.25, 0.3) is 11.3 Å². The molecule has 6 heteroatoms. The van der Waals surface area contributed by atoms with Crippen molar-refractivity contribution in [2.24, 2.45) is 11.7 Å². The molecule has 0 saturated heterocycles. The Morgan fingerprint density at radius 2 is 2.25 bits per heavy atom. The number of nitrogens with zero attached hydrogens (tertiary/aromatic N) is 1. The van der Waals surface area contributed by atoms with Crippen molar-refractivity contribution >= 4 is 5.91 Å². The van der Waals surface area contributed by atoms with Crippen LogP contribution in [0.1, 0.15) is 17.4 Å². The van der Waals surface area contributed by atoms with Crippen LogP contribution >= 0.6 is 0 Å². The van der Waals surface area contributed by atoms with Crippen molar-refractivity contribution in [3.8, 4) is 17.0 Å². The molecule has 1 unspecified atom stereocenters. The van der Waals surface area contributed by atoms with Crippen LogP contribution in [0.5, 0.6) is 5.75 Å². The number of nitrogens with two attached hydrogens (primary N) is 1. The van der Waals surface area contributed by atoms with Crippen molar-refractivity contribution in [1.29, 1.82) is 0 Å². The van der Waals surface area contributed by atoms with Gasteiger partial charge in [-0.25, -0.2) is 0 Å². The van der Waals surface area contributed by atoms with Crippen molar-refractivity contribution < 1.29 is 9.90 Å². The molecule has 1 aromatic heterocycles. The Balaban J connectivity index is 2.09. The predicted octanol–water partition coefficient (Wildman–Crippen LogP) is 1.11. The van der Waals surface area contributed by atoms with E-state index in [1.165, 1.54) is 0 Å². The fourth-order valence-corrected chi connectivity index (χ4v) is 1.71. The van der Waals surface area contributed by atoms with E-state index in [2.05, 4.69) is 15.5 Å². The Morgan fingerprint density at radius 3 is 2.95 bits per heavy atom. The van der Waals surface area contributed by atoms with Crippen LogP contribution in [-0.4, -0.2) is 34.3 Å². The first-order valence-electron chi connectivity index (χ1n) is 6.44. The zero-order chi connectivity index (χ0) is 14.5. The van der Waals surface area contributed by atoms with Crippen molar-refractivity contribution in [2.75, 3.05) is 13.1 Å². The second kappa shape index (κ2) is 6.21. The van der Waals surface area contributed by atoms with Gasteiger partial charge in [0.05, 0.1) is 5.69 Å². The highest BCUT2D eigenvalue weighted by Crippen LogP contribution is 2.27. The molecule has 0 fully saturated rings. The lowest BCUT2D eigenvalue weighted by Gasteiger charge is -2.08. The van der Waals surface area contributed by atoms with Gasteiger partial charge in [0.2, 0.25) is 0 Å². The zero-order valence-electron chi connectivity index (χ0n) is 11.3. The predicted molar refractivity (Wildman–Crippen MR) is 76.2 cm³/mol. The minimum Gasteiger partial charge on any atom is -0.507 e. The van der Waals surface area contributed by atoms with Gasteiger partial charge in [-0.1, -0.05) is 19.1 Å². The van der Waals surface area contributed by atoms with Crippen molar-refractivity contribution in [3.05, 3.63) is 36.0 Å². The van der Waals surface area contributed by atoms with Crippen molar-refractivity contribution in [1.82, 2.24) is 15.5 Å². The van der Waals surface area contributed by atoms with Crippen LogP contribution < -0.4 is 11.1 Å². The van der Waals surface area contributed by atoms with Gasteiger partial charge in [-0.2, -0.15) is 5.10 Å². The first-order chi connectivity index (χ1) is 9.61. The molecule has 0 aliphatic carbocycles. The Morgan fingerprint density at radius 1 is 1.50 bits per heavy atom. The topological polar surface area (TPSA) is 104 Å². The van der Waals surface area contributed by atoms with Gasteiger partial charge in [-0.3, -0.25) is 9.89 Å². The van der Waals surface area contributed by atoms with Crippen molar-refractivity contribution in [2.45, 2.75) is 6.92 Å². The van der Waals surface area contributed by atoms with Gasteiger partial charge in [-0.15, -0.1) is 0 Å². The number of aromatic hydroxyl groups is 1. The summed E-state index contributed by atoms with van der Waals surface area (Å²) >= 11 is 0. The number of phenols is 1. The summed E-state index contributed by atoms with van der Waals surface area (Å²) in [5.74, 6) is 0.113. The smallest absolute Gasteiger partial charge is 0.269 e. The van der Waals surface area contributed by atoms with Crippen LogP contribution in [0.15, 0.2) is 30.3 Å². The summed E-state index contributed by atoms with van der Waals surface area (Å²) in [6.45, 7) is 2.99. The van der Waals surface area contributed by atoms with E-state index in [1.807, 2.05) is 6.92 Å². The zero-order valence-corrected chi connectivity index (χ0v) is 11.3. The maximum absolute atomic E-state index is 11.9. The highest BCUT2D eigenvalue weighted by atomic mass is 16.3. The molecule has 106 valence electrons. The third-order valence-electron chi connectivity index (χ3n) is 3.02. The number of carbonyl (C=O) groups excluding carboxylic acids is 1. The number of phenolic OH excluding ortho intramolecular Hbond substituents is 1. The van der Waals surface area contributed by atoms with Gasteiger partial charge in [0.15, 0.2) is 0 Å². The van der Waals surface area contributed by atoms with Crippen LogP contribution in [0.3, 0.4) is 0 Å². The summed E-state index contributed by atoms with van der Waals surface area (Å²) in [6, 6.07) is 8.45. The quantitative estimate of drug-likeness (QED) is 0.655. The minimum absolute atomic E-state index is 0.128. The largest absolute Gasteiger partial charge is 0.507 e. The molecule has 1 aromatic carbocycles. The molecule has 0 radical (unpaired) electrons. The van der Waals surface area contributed by atoms with Crippen LogP contribution in [0, 0.1) is 5.92 Å². The maximum atomic E-state index is 11.9. The normalized spacial score (nSPS) is 12.1. The standard InChI is InChI=1S/C14H18N4O2/c1-9(7-15)8-16-14(20)12-6-11(17-18-12)10-4-2-3-5-13(10)19/h2-6,9,19H,7-8,15H2,1H3,(H,16,20)(H,17,18). The summed E-state index contributed by atoms with van der Waals surface area (Å²) in [6.07, 6.45) is 0. The highest BCUT2D eigenvalue weighted by Gasteiger charge is 2.13. The lowest BCUT2D eigenvalue weighted by Crippen LogP contribution is -2.31. The first-order valence-corrected chi connectivity index (χ1v) is 6.44. The Bertz CT molecular complexity index is 594. The molecule has 1 atom stereocenters.